The van der Waals surface area contributed by atoms with E-state index in [0.29, 0.717) is 17.9 Å². The lowest BCUT2D eigenvalue weighted by Crippen LogP contribution is -2.14. The zero-order chi connectivity index (χ0) is 24.9. The predicted molar refractivity (Wildman–Crippen MR) is 140 cm³/mol. The van der Waals surface area contributed by atoms with Crippen LogP contribution in [0.15, 0.2) is 97.2 Å². The number of carbonyl (C=O) groups excluding carboxylic acids is 1. The van der Waals surface area contributed by atoms with Gasteiger partial charge in [0.05, 0.1) is 12.2 Å². The summed E-state index contributed by atoms with van der Waals surface area (Å²) in [5.41, 5.74) is 6.45. The summed E-state index contributed by atoms with van der Waals surface area (Å²) >= 11 is 0. The van der Waals surface area contributed by atoms with Gasteiger partial charge < -0.3 is 10.1 Å². The van der Waals surface area contributed by atoms with Crippen molar-refractivity contribution >= 4 is 11.6 Å². The number of benzene rings is 3. The van der Waals surface area contributed by atoms with E-state index < -0.39 is 0 Å². The van der Waals surface area contributed by atoms with E-state index in [1.807, 2.05) is 91.3 Å². The van der Waals surface area contributed by atoms with Gasteiger partial charge in [-0.1, -0.05) is 54.6 Å². The molecule has 0 fully saturated rings. The average Bonchev–Trinajstić information content (AvgIpc) is 3.49. The van der Waals surface area contributed by atoms with E-state index >= 15 is 0 Å². The molecule has 2 aromatic heterocycles. The second kappa shape index (κ2) is 10.3. The summed E-state index contributed by atoms with van der Waals surface area (Å²) in [5, 5.41) is 11.8. The van der Waals surface area contributed by atoms with E-state index in [9.17, 15) is 4.79 Å². The van der Waals surface area contributed by atoms with Crippen molar-refractivity contribution in [3.8, 4) is 16.9 Å². The Morgan fingerprint density at radius 3 is 2.39 bits per heavy atom. The molecule has 3 aromatic carbocycles. The molecule has 0 unspecified atom stereocenters. The SMILES string of the molecule is Cc1cc(C)n(Cc2cccc(NC(=O)c3ccn(COc4ccc(-c5ccccc5)cc4)n3)c2)n1. The van der Waals surface area contributed by atoms with Crippen molar-refractivity contribution in [2.45, 2.75) is 27.1 Å². The highest BCUT2D eigenvalue weighted by Crippen LogP contribution is 2.22. The third-order valence-electron chi connectivity index (χ3n) is 5.82. The minimum atomic E-state index is -0.274. The molecule has 7 nitrogen and oxygen atoms in total. The Balaban J connectivity index is 1.17. The second-order valence-corrected chi connectivity index (χ2v) is 8.64. The quantitative estimate of drug-likeness (QED) is 0.311. The molecule has 2 heterocycles. The third kappa shape index (κ3) is 5.52. The topological polar surface area (TPSA) is 74.0 Å². The lowest BCUT2D eigenvalue weighted by molar-refractivity contribution is 0.102. The lowest BCUT2D eigenvalue weighted by atomic mass is 10.1. The van der Waals surface area contributed by atoms with Gasteiger partial charge >= 0.3 is 0 Å². The highest BCUT2D eigenvalue weighted by Gasteiger charge is 2.11. The van der Waals surface area contributed by atoms with Crippen molar-refractivity contribution in [1.82, 2.24) is 19.6 Å². The summed E-state index contributed by atoms with van der Waals surface area (Å²) in [5.74, 6) is 0.458. The summed E-state index contributed by atoms with van der Waals surface area (Å²) in [4.78, 5) is 12.8. The molecule has 180 valence electrons. The molecule has 7 heteroatoms. The largest absolute Gasteiger partial charge is 0.471 e. The van der Waals surface area contributed by atoms with Crippen molar-refractivity contribution in [2.75, 3.05) is 5.32 Å². The first kappa shape index (κ1) is 23.1. The van der Waals surface area contributed by atoms with Gasteiger partial charge in [0.1, 0.15) is 5.75 Å². The van der Waals surface area contributed by atoms with Crippen molar-refractivity contribution < 1.29 is 9.53 Å². The molecule has 0 aliphatic carbocycles. The van der Waals surface area contributed by atoms with E-state index in [4.69, 9.17) is 4.74 Å². The lowest BCUT2D eigenvalue weighted by Gasteiger charge is -2.09. The number of hydrogen-bond donors (Lipinski definition) is 1. The maximum absolute atomic E-state index is 12.8. The molecule has 0 bridgehead atoms. The number of aromatic nitrogens is 4. The monoisotopic (exact) mass is 477 g/mol. The summed E-state index contributed by atoms with van der Waals surface area (Å²) in [6.45, 7) is 4.86. The van der Waals surface area contributed by atoms with Gasteiger partial charge in [-0.15, -0.1) is 0 Å². The molecule has 5 aromatic rings. The number of amides is 1. The fourth-order valence-electron chi connectivity index (χ4n) is 4.02. The number of nitrogens with zero attached hydrogens (tertiary/aromatic N) is 4. The van der Waals surface area contributed by atoms with Crippen LogP contribution in [0.25, 0.3) is 11.1 Å². The van der Waals surface area contributed by atoms with Crippen LogP contribution in [0.1, 0.15) is 27.4 Å². The Kier molecular flexibility index (Phi) is 6.62. The Morgan fingerprint density at radius 2 is 1.64 bits per heavy atom. The van der Waals surface area contributed by atoms with E-state index in [2.05, 4.69) is 27.6 Å². The number of nitrogens with one attached hydrogen (secondary N) is 1. The number of carbonyl (C=O) groups is 1. The molecule has 1 N–H and O–H groups in total. The molecule has 5 rings (SSSR count). The number of aryl methyl sites for hydroxylation is 2. The van der Waals surface area contributed by atoms with Crippen LogP contribution in [-0.2, 0) is 13.3 Å². The van der Waals surface area contributed by atoms with E-state index in [1.165, 1.54) is 0 Å². The van der Waals surface area contributed by atoms with Crippen LogP contribution in [0.2, 0.25) is 0 Å². The first-order valence-corrected chi connectivity index (χ1v) is 11.8. The summed E-state index contributed by atoms with van der Waals surface area (Å²) in [7, 11) is 0. The normalized spacial score (nSPS) is 10.8. The van der Waals surface area contributed by atoms with Gasteiger partial charge in [0.2, 0.25) is 0 Å². The molecule has 0 aliphatic rings. The Hall–Kier alpha value is -4.65. The highest BCUT2D eigenvalue weighted by atomic mass is 16.5. The standard InChI is InChI=1S/C29H27N5O2/c1-21-17-22(2)34(31-21)19-23-7-6-10-26(18-23)30-29(35)28-15-16-33(32-28)20-36-27-13-11-25(12-14-27)24-8-4-3-5-9-24/h3-18H,19-20H2,1-2H3,(H,30,35). The van der Waals surface area contributed by atoms with Crippen LogP contribution in [0.3, 0.4) is 0 Å². The maximum atomic E-state index is 12.8. The summed E-state index contributed by atoms with van der Waals surface area (Å²) < 4.78 is 9.39. The molecule has 1 amide bonds. The molecule has 0 aliphatic heterocycles. The smallest absolute Gasteiger partial charge is 0.276 e. The van der Waals surface area contributed by atoms with Crippen LogP contribution in [0.5, 0.6) is 5.75 Å². The van der Waals surface area contributed by atoms with Crippen LogP contribution < -0.4 is 10.1 Å². The van der Waals surface area contributed by atoms with Crippen LogP contribution in [0.4, 0.5) is 5.69 Å². The van der Waals surface area contributed by atoms with Gasteiger partial charge in [-0.3, -0.25) is 9.48 Å². The van der Waals surface area contributed by atoms with Gasteiger partial charge in [0, 0.05) is 17.6 Å². The second-order valence-electron chi connectivity index (χ2n) is 8.64. The highest BCUT2D eigenvalue weighted by molar-refractivity contribution is 6.02. The first-order valence-electron chi connectivity index (χ1n) is 11.8. The van der Waals surface area contributed by atoms with Crippen molar-refractivity contribution in [1.29, 1.82) is 0 Å². The Morgan fingerprint density at radius 1 is 0.861 bits per heavy atom. The Bertz CT molecular complexity index is 1470. The molecule has 0 atom stereocenters. The van der Waals surface area contributed by atoms with Gasteiger partial charge in [-0.25, -0.2) is 4.68 Å². The van der Waals surface area contributed by atoms with Crippen LogP contribution in [-0.4, -0.2) is 25.5 Å². The van der Waals surface area contributed by atoms with Gasteiger partial charge in [0.25, 0.3) is 5.91 Å². The van der Waals surface area contributed by atoms with E-state index in [0.717, 1.165) is 33.8 Å². The number of hydrogen-bond acceptors (Lipinski definition) is 4. The summed E-state index contributed by atoms with van der Waals surface area (Å²) in [6.07, 6.45) is 1.73. The number of rotatable bonds is 8. The van der Waals surface area contributed by atoms with Crippen molar-refractivity contribution in [3.63, 3.8) is 0 Å². The number of anilines is 1. The van der Waals surface area contributed by atoms with E-state index in [1.54, 1.807) is 16.9 Å². The van der Waals surface area contributed by atoms with Gasteiger partial charge in [-0.2, -0.15) is 10.2 Å². The van der Waals surface area contributed by atoms with Gasteiger partial charge in [0.15, 0.2) is 12.4 Å². The fraction of sp³-hybridized carbons (Fsp3) is 0.138. The number of ether oxygens (including phenoxy) is 1. The third-order valence-corrected chi connectivity index (χ3v) is 5.82. The van der Waals surface area contributed by atoms with Gasteiger partial charge in [-0.05, 0) is 66.9 Å². The molecule has 0 saturated heterocycles. The predicted octanol–water partition coefficient (Wildman–Crippen LogP) is 5.70. The first-order chi connectivity index (χ1) is 17.5. The zero-order valence-corrected chi connectivity index (χ0v) is 20.3. The Labute approximate surface area is 210 Å². The maximum Gasteiger partial charge on any atom is 0.276 e. The molecule has 0 spiro atoms. The molecule has 36 heavy (non-hydrogen) atoms. The fourth-order valence-corrected chi connectivity index (χ4v) is 4.02. The van der Waals surface area contributed by atoms with Crippen molar-refractivity contribution in [2.24, 2.45) is 0 Å². The van der Waals surface area contributed by atoms with E-state index in [-0.39, 0.29) is 12.6 Å². The summed E-state index contributed by atoms with van der Waals surface area (Å²) in [6, 6.07) is 29.6. The zero-order valence-electron chi connectivity index (χ0n) is 20.3. The molecule has 0 saturated carbocycles. The average molecular weight is 478 g/mol. The van der Waals surface area contributed by atoms with Crippen LogP contribution >= 0.6 is 0 Å². The minimum absolute atomic E-state index is 0.204. The minimum Gasteiger partial charge on any atom is -0.471 e. The van der Waals surface area contributed by atoms with Crippen molar-refractivity contribution in [3.05, 3.63) is 120 Å². The van der Waals surface area contributed by atoms with Crippen LogP contribution in [0, 0.1) is 13.8 Å². The molecular formula is C29H27N5O2. The molecule has 0 radical (unpaired) electrons. The molecular weight excluding hydrogens is 450 g/mol.